The monoisotopic (exact) mass is 270 g/mol. The summed E-state index contributed by atoms with van der Waals surface area (Å²) in [7, 11) is 0. The van der Waals surface area contributed by atoms with Crippen LogP contribution in [0, 0.1) is 0 Å². The van der Waals surface area contributed by atoms with Crippen molar-refractivity contribution in [3.8, 4) is 0 Å². The van der Waals surface area contributed by atoms with E-state index in [9.17, 15) is 4.79 Å². The number of hydrogen-bond acceptors (Lipinski definition) is 4. The van der Waals surface area contributed by atoms with Gasteiger partial charge in [-0.1, -0.05) is 23.2 Å². The molecule has 0 saturated carbocycles. The molecule has 2 nitrogen and oxygen atoms in total. The van der Waals surface area contributed by atoms with Crippen molar-refractivity contribution in [1.82, 2.24) is 0 Å². The molecular weight excluding hydrogens is 263 g/mol. The molecule has 1 rings (SSSR count). The number of halogens is 2. The summed E-state index contributed by atoms with van der Waals surface area (Å²) in [5.41, 5.74) is 0.479. The van der Waals surface area contributed by atoms with Crippen LogP contribution in [0.3, 0.4) is 0 Å². The molecule has 0 unspecified atom stereocenters. The SMILES string of the molecule is O=C(CSCCO)c1cc(Cl)sc1Cl. The second-order valence-corrected chi connectivity index (χ2v) is 5.83. The van der Waals surface area contributed by atoms with Crippen molar-refractivity contribution in [3.63, 3.8) is 0 Å². The van der Waals surface area contributed by atoms with E-state index in [2.05, 4.69) is 0 Å². The minimum atomic E-state index is -0.0448. The zero-order valence-corrected chi connectivity index (χ0v) is 10.3. The fourth-order valence-electron chi connectivity index (χ4n) is 0.838. The van der Waals surface area contributed by atoms with E-state index in [-0.39, 0.29) is 12.4 Å². The van der Waals surface area contributed by atoms with Crippen molar-refractivity contribution in [2.24, 2.45) is 0 Å². The summed E-state index contributed by atoms with van der Waals surface area (Å²) in [6, 6.07) is 1.58. The molecule has 0 aliphatic carbocycles. The second-order valence-electron chi connectivity index (χ2n) is 2.44. The average molecular weight is 271 g/mol. The van der Waals surface area contributed by atoms with E-state index >= 15 is 0 Å². The highest BCUT2D eigenvalue weighted by molar-refractivity contribution is 8.00. The highest BCUT2D eigenvalue weighted by atomic mass is 35.5. The minimum absolute atomic E-state index is 0.0448. The fourth-order valence-corrected chi connectivity index (χ4v) is 2.95. The summed E-state index contributed by atoms with van der Waals surface area (Å²) in [6.45, 7) is 0.0794. The van der Waals surface area contributed by atoms with Crippen LogP contribution >= 0.6 is 46.3 Å². The van der Waals surface area contributed by atoms with Crippen molar-refractivity contribution in [2.45, 2.75) is 0 Å². The largest absolute Gasteiger partial charge is 0.396 e. The Balaban J connectivity index is 2.56. The zero-order chi connectivity index (χ0) is 10.6. The number of thiophene rings is 1. The van der Waals surface area contributed by atoms with Crippen LogP contribution in [0.4, 0.5) is 0 Å². The average Bonchev–Trinajstić information content (AvgIpc) is 2.45. The maximum absolute atomic E-state index is 11.5. The molecule has 1 aromatic rings. The van der Waals surface area contributed by atoms with Gasteiger partial charge in [-0.2, -0.15) is 11.8 Å². The van der Waals surface area contributed by atoms with E-state index in [1.807, 2.05) is 0 Å². The summed E-state index contributed by atoms with van der Waals surface area (Å²) in [4.78, 5) is 11.5. The van der Waals surface area contributed by atoms with Gasteiger partial charge in [0.05, 0.1) is 16.7 Å². The van der Waals surface area contributed by atoms with Gasteiger partial charge in [0, 0.05) is 11.3 Å². The molecule has 0 radical (unpaired) electrons. The smallest absolute Gasteiger partial charge is 0.175 e. The first-order valence-corrected chi connectivity index (χ1v) is 6.54. The molecule has 78 valence electrons. The minimum Gasteiger partial charge on any atom is -0.396 e. The van der Waals surface area contributed by atoms with Crippen molar-refractivity contribution >= 4 is 52.1 Å². The number of ketones is 1. The first kappa shape index (κ1) is 12.3. The molecular formula is C8H8Cl2O2S2. The van der Waals surface area contributed by atoms with E-state index in [0.29, 0.717) is 25.7 Å². The Bertz CT molecular complexity index is 325. The van der Waals surface area contributed by atoms with E-state index in [0.717, 1.165) is 0 Å². The first-order chi connectivity index (χ1) is 6.65. The van der Waals surface area contributed by atoms with Crippen LogP contribution in [-0.4, -0.2) is 29.0 Å². The van der Waals surface area contributed by atoms with Gasteiger partial charge in [-0.3, -0.25) is 4.79 Å². The van der Waals surface area contributed by atoms with Gasteiger partial charge in [-0.15, -0.1) is 11.3 Å². The number of carbonyl (C=O) groups is 1. The molecule has 0 amide bonds. The van der Waals surface area contributed by atoms with Crippen molar-refractivity contribution in [2.75, 3.05) is 18.1 Å². The van der Waals surface area contributed by atoms with Gasteiger partial charge in [0.2, 0.25) is 0 Å². The molecule has 6 heteroatoms. The molecule has 0 atom stereocenters. The summed E-state index contributed by atoms with van der Waals surface area (Å²) in [6.07, 6.45) is 0. The lowest BCUT2D eigenvalue weighted by Gasteiger charge is -1.97. The Morgan fingerprint density at radius 1 is 1.57 bits per heavy atom. The molecule has 1 heterocycles. The van der Waals surface area contributed by atoms with E-state index in [4.69, 9.17) is 28.3 Å². The van der Waals surface area contributed by atoms with Gasteiger partial charge in [-0.05, 0) is 6.07 Å². The summed E-state index contributed by atoms with van der Waals surface area (Å²) in [5.74, 6) is 0.839. The van der Waals surface area contributed by atoms with Crippen molar-refractivity contribution in [1.29, 1.82) is 0 Å². The molecule has 0 aliphatic rings. The third kappa shape index (κ3) is 3.44. The number of carbonyl (C=O) groups excluding carboxylic acids is 1. The van der Waals surface area contributed by atoms with Gasteiger partial charge < -0.3 is 5.11 Å². The van der Waals surface area contributed by atoms with Crippen LogP contribution in [0.25, 0.3) is 0 Å². The normalized spacial score (nSPS) is 10.5. The Labute approximate surface area is 100 Å². The maximum atomic E-state index is 11.5. The van der Waals surface area contributed by atoms with E-state index in [1.54, 1.807) is 6.07 Å². The Kier molecular flexibility index (Phi) is 5.26. The summed E-state index contributed by atoms with van der Waals surface area (Å²) >= 11 is 14.1. The Morgan fingerprint density at radius 3 is 2.79 bits per heavy atom. The lowest BCUT2D eigenvalue weighted by molar-refractivity contribution is 0.102. The van der Waals surface area contributed by atoms with Crippen LogP contribution in [0.15, 0.2) is 6.07 Å². The van der Waals surface area contributed by atoms with Crippen molar-refractivity contribution in [3.05, 3.63) is 20.3 Å². The van der Waals surface area contributed by atoms with Crippen LogP contribution in [-0.2, 0) is 0 Å². The van der Waals surface area contributed by atoms with Crippen molar-refractivity contribution < 1.29 is 9.90 Å². The summed E-state index contributed by atoms with van der Waals surface area (Å²) < 4.78 is 0.954. The lowest BCUT2D eigenvalue weighted by Crippen LogP contribution is -2.02. The number of rotatable bonds is 5. The second kappa shape index (κ2) is 5.98. The first-order valence-electron chi connectivity index (χ1n) is 3.81. The number of Topliss-reactive ketones (excluding diaryl/α,β-unsaturated/α-hetero) is 1. The van der Waals surface area contributed by atoms with Gasteiger partial charge in [0.1, 0.15) is 4.34 Å². The number of thioether (sulfide) groups is 1. The predicted octanol–water partition coefficient (Wildman–Crippen LogP) is 2.96. The quantitative estimate of drug-likeness (QED) is 0.660. The molecule has 0 aromatic carbocycles. The number of hydrogen-bond donors (Lipinski definition) is 1. The van der Waals surface area contributed by atoms with E-state index in [1.165, 1.54) is 23.1 Å². The standard InChI is InChI=1S/C8H8Cl2O2S2/c9-7-3-5(8(10)14-7)6(12)4-13-2-1-11/h3,11H,1-2,4H2. The third-order valence-electron chi connectivity index (χ3n) is 1.43. The highest BCUT2D eigenvalue weighted by Crippen LogP contribution is 2.31. The third-order valence-corrected chi connectivity index (χ3v) is 3.85. The van der Waals surface area contributed by atoms with Gasteiger partial charge in [-0.25, -0.2) is 0 Å². The van der Waals surface area contributed by atoms with Gasteiger partial charge in [0.15, 0.2) is 5.78 Å². The topological polar surface area (TPSA) is 37.3 Å². The van der Waals surface area contributed by atoms with Crippen LogP contribution < -0.4 is 0 Å². The molecule has 0 saturated heterocycles. The maximum Gasteiger partial charge on any atom is 0.175 e. The summed E-state index contributed by atoms with van der Waals surface area (Å²) in [5, 5.41) is 8.53. The predicted molar refractivity (Wildman–Crippen MR) is 63.1 cm³/mol. The molecule has 14 heavy (non-hydrogen) atoms. The Morgan fingerprint density at radius 2 is 2.29 bits per heavy atom. The van der Waals surface area contributed by atoms with Crippen LogP contribution in [0.5, 0.6) is 0 Å². The molecule has 0 spiro atoms. The molecule has 0 fully saturated rings. The highest BCUT2D eigenvalue weighted by Gasteiger charge is 2.13. The zero-order valence-electron chi connectivity index (χ0n) is 7.13. The Hall–Kier alpha value is 0.260. The fraction of sp³-hybridized carbons (Fsp3) is 0.375. The van der Waals surface area contributed by atoms with Crippen LogP contribution in [0.2, 0.25) is 8.67 Å². The number of aliphatic hydroxyl groups is 1. The molecule has 1 aromatic heterocycles. The van der Waals surface area contributed by atoms with Gasteiger partial charge in [0.25, 0.3) is 0 Å². The molecule has 1 N–H and O–H groups in total. The molecule has 0 bridgehead atoms. The number of aliphatic hydroxyl groups excluding tert-OH is 1. The van der Waals surface area contributed by atoms with Gasteiger partial charge >= 0.3 is 0 Å². The van der Waals surface area contributed by atoms with E-state index < -0.39 is 0 Å². The van der Waals surface area contributed by atoms with Crippen LogP contribution in [0.1, 0.15) is 10.4 Å². The molecule has 0 aliphatic heterocycles. The lowest BCUT2D eigenvalue weighted by atomic mass is 10.2.